The molecule has 1 aromatic carbocycles. The lowest BCUT2D eigenvalue weighted by Crippen LogP contribution is -2.45. The Bertz CT molecular complexity index is 344. The highest BCUT2D eigenvalue weighted by Gasteiger charge is 2.19. The van der Waals surface area contributed by atoms with E-state index in [1.807, 2.05) is 19.6 Å². The Labute approximate surface area is 84.9 Å². The van der Waals surface area contributed by atoms with E-state index in [1.54, 1.807) is 18.2 Å². The molecule has 0 aliphatic carbocycles. The number of phenolic OH excluding ortho intramolecular Hbond substituents is 1. The van der Waals surface area contributed by atoms with E-state index in [1.165, 1.54) is 6.07 Å². The molecule has 0 radical (unpaired) electrons. The van der Waals surface area contributed by atoms with Crippen molar-refractivity contribution < 1.29 is 9.90 Å². The lowest BCUT2D eigenvalue weighted by Gasteiger charge is -2.18. The number of hydrogen-bond donors (Lipinski definition) is 2. The van der Waals surface area contributed by atoms with Crippen molar-refractivity contribution in [3.05, 3.63) is 29.8 Å². The summed E-state index contributed by atoms with van der Waals surface area (Å²) < 4.78 is 0. The first-order valence-corrected chi connectivity index (χ1v) is 8.01. The maximum atomic E-state index is 11.6. The van der Waals surface area contributed by atoms with Gasteiger partial charge >= 0.3 is 0 Å². The smallest absolute Gasteiger partial charge is 0.247 e. The molecule has 76 valence electrons. The SMILES string of the molecule is C[Si](C)(C)NC(=O)c1ccccc1O. The molecule has 1 amide bonds. The largest absolute Gasteiger partial charge is 0.507 e. The standard InChI is InChI=1S/C10H15NO2Si/c1-14(2,3)11-10(13)8-6-4-5-7-9(8)12/h4-7,12H,1-3H3,(H,11,13). The van der Waals surface area contributed by atoms with Crippen molar-refractivity contribution in [2.75, 3.05) is 0 Å². The molecule has 1 aromatic rings. The van der Waals surface area contributed by atoms with Crippen LogP contribution in [0.1, 0.15) is 10.4 Å². The van der Waals surface area contributed by atoms with Crippen LogP contribution in [-0.4, -0.2) is 19.2 Å². The second kappa shape index (κ2) is 3.83. The lowest BCUT2D eigenvalue weighted by molar-refractivity contribution is 0.0975. The van der Waals surface area contributed by atoms with Gasteiger partial charge in [-0.1, -0.05) is 31.8 Å². The third kappa shape index (κ3) is 2.88. The summed E-state index contributed by atoms with van der Waals surface area (Å²) in [6.07, 6.45) is 0. The first-order chi connectivity index (χ1) is 6.40. The van der Waals surface area contributed by atoms with Crippen LogP contribution in [0.5, 0.6) is 5.75 Å². The lowest BCUT2D eigenvalue weighted by atomic mass is 10.2. The Balaban J connectivity index is 2.86. The first-order valence-electron chi connectivity index (χ1n) is 4.51. The van der Waals surface area contributed by atoms with E-state index >= 15 is 0 Å². The van der Waals surface area contributed by atoms with Gasteiger partial charge in [0.2, 0.25) is 5.91 Å². The molecule has 0 saturated carbocycles. The third-order valence-corrected chi connectivity index (χ3v) is 2.61. The second-order valence-corrected chi connectivity index (χ2v) is 8.97. The highest BCUT2D eigenvalue weighted by atomic mass is 28.3. The zero-order valence-corrected chi connectivity index (χ0v) is 9.66. The van der Waals surface area contributed by atoms with Crippen molar-refractivity contribution in [3.8, 4) is 5.75 Å². The van der Waals surface area contributed by atoms with E-state index in [9.17, 15) is 9.90 Å². The molecule has 0 atom stereocenters. The number of amides is 1. The van der Waals surface area contributed by atoms with E-state index in [4.69, 9.17) is 0 Å². The highest BCUT2D eigenvalue weighted by Crippen LogP contribution is 2.15. The van der Waals surface area contributed by atoms with Gasteiger partial charge in [0.25, 0.3) is 0 Å². The van der Waals surface area contributed by atoms with Crippen LogP contribution in [-0.2, 0) is 0 Å². The monoisotopic (exact) mass is 209 g/mol. The van der Waals surface area contributed by atoms with Crippen molar-refractivity contribution in [2.45, 2.75) is 19.6 Å². The maximum absolute atomic E-state index is 11.6. The molecule has 0 heterocycles. The van der Waals surface area contributed by atoms with Crippen molar-refractivity contribution >= 4 is 14.1 Å². The van der Waals surface area contributed by atoms with Crippen LogP contribution < -0.4 is 4.98 Å². The van der Waals surface area contributed by atoms with Crippen molar-refractivity contribution in [1.29, 1.82) is 0 Å². The molecular weight excluding hydrogens is 194 g/mol. The van der Waals surface area contributed by atoms with Crippen LogP contribution in [0.25, 0.3) is 0 Å². The fourth-order valence-corrected chi connectivity index (χ4v) is 1.89. The van der Waals surface area contributed by atoms with Gasteiger partial charge in [-0.15, -0.1) is 0 Å². The number of rotatable bonds is 2. The minimum atomic E-state index is -1.64. The van der Waals surface area contributed by atoms with E-state index in [0.717, 1.165) is 0 Å². The molecule has 14 heavy (non-hydrogen) atoms. The summed E-state index contributed by atoms with van der Waals surface area (Å²) in [4.78, 5) is 14.6. The Hall–Kier alpha value is -1.29. The summed E-state index contributed by atoms with van der Waals surface area (Å²) in [5.41, 5.74) is 0.343. The van der Waals surface area contributed by atoms with Crippen molar-refractivity contribution in [3.63, 3.8) is 0 Å². The number of phenols is 1. The molecule has 0 spiro atoms. The zero-order valence-electron chi connectivity index (χ0n) is 8.66. The molecule has 3 nitrogen and oxygen atoms in total. The van der Waals surface area contributed by atoms with Gasteiger partial charge < -0.3 is 10.1 Å². The molecular formula is C10H15NO2Si. The van der Waals surface area contributed by atoms with Crippen LogP contribution >= 0.6 is 0 Å². The molecule has 0 aliphatic rings. The van der Waals surface area contributed by atoms with E-state index in [0.29, 0.717) is 5.56 Å². The summed E-state index contributed by atoms with van der Waals surface area (Å²) in [6, 6.07) is 6.56. The molecule has 0 aliphatic heterocycles. The zero-order chi connectivity index (χ0) is 10.8. The van der Waals surface area contributed by atoms with E-state index < -0.39 is 8.24 Å². The van der Waals surface area contributed by atoms with Crippen LogP contribution in [0.15, 0.2) is 24.3 Å². The Morgan fingerprint density at radius 1 is 1.29 bits per heavy atom. The number of hydrogen-bond acceptors (Lipinski definition) is 2. The molecule has 0 fully saturated rings. The van der Waals surface area contributed by atoms with Gasteiger partial charge in [0.05, 0.1) is 5.56 Å². The minimum Gasteiger partial charge on any atom is -0.507 e. The normalized spacial score (nSPS) is 11.1. The molecule has 1 rings (SSSR count). The number of para-hydroxylation sites is 1. The first kappa shape index (κ1) is 10.8. The number of carbonyl (C=O) groups excluding carboxylic acids is 1. The fourth-order valence-electron chi connectivity index (χ4n) is 1.07. The van der Waals surface area contributed by atoms with Gasteiger partial charge in [0.1, 0.15) is 14.0 Å². The van der Waals surface area contributed by atoms with Crippen molar-refractivity contribution in [2.24, 2.45) is 0 Å². The van der Waals surface area contributed by atoms with Gasteiger partial charge in [-0.25, -0.2) is 0 Å². The maximum Gasteiger partial charge on any atom is 0.247 e. The van der Waals surface area contributed by atoms with Gasteiger partial charge in [-0.3, -0.25) is 4.79 Å². The van der Waals surface area contributed by atoms with E-state index in [-0.39, 0.29) is 11.7 Å². The summed E-state index contributed by atoms with van der Waals surface area (Å²) in [6.45, 7) is 6.10. The predicted octanol–water partition coefficient (Wildman–Crippen LogP) is 1.96. The molecule has 0 unspecified atom stereocenters. The van der Waals surface area contributed by atoms with Crippen LogP contribution in [0.4, 0.5) is 0 Å². The molecule has 0 saturated heterocycles. The topological polar surface area (TPSA) is 49.3 Å². The summed E-state index contributed by atoms with van der Waals surface area (Å²) in [5.74, 6) is -0.162. The minimum absolute atomic E-state index is 0.0308. The van der Waals surface area contributed by atoms with Crippen LogP contribution in [0.2, 0.25) is 19.6 Å². The number of carbonyl (C=O) groups is 1. The van der Waals surface area contributed by atoms with Gasteiger partial charge in [-0.2, -0.15) is 0 Å². The number of aromatic hydroxyl groups is 1. The van der Waals surface area contributed by atoms with Gasteiger partial charge in [-0.05, 0) is 12.1 Å². The fraction of sp³-hybridized carbons (Fsp3) is 0.300. The highest BCUT2D eigenvalue weighted by molar-refractivity contribution is 6.76. The quantitative estimate of drug-likeness (QED) is 0.731. The van der Waals surface area contributed by atoms with E-state index in [2.05, 4.69) is 4.98 Å². The molecule has 2 N–H and O–H groups in total. The van der Waals surface area contributed by atoms with Gasteiger partial charge in [0.15, 0.2) is 0 Å². The third-order valence-electron chi connectivity index (χ3n) is 1.64. The van der Waals surface area contributed by atoms with Crippen LogP contribution in [0, 0.1) is 0 Å². The molecule has 0 aromatic heterocycles. The Morgan fingerprint density at radius 2 is 1.86 bits per heavy atom. The average Bonchev–Trinajstić information content (AvgIpc) is 2.01. The van der Waals surface area contributed by atoms with Gasteiger partial charge in [0, 0.05) is 0 Å². The Kier molecular flexibility index (Phi) is 2.95. The molecule has 0 bridgehead atoms. The Morgan fingerprint density at radius 3 is 2.36 bits per heavy atom. The number of benzene rings is 1. The average molecular weight is 209 g/mol. The predicted molar refractivity (Wildman–Crippen MR) is 58.9 cm³/mol. The molecule has 4 heteroatoms. The van der Waals surface area contributed by atoms with Crippen molar-refractivity contribution in [1.82, 2.24) is 4.98 Å². The summed E-state index contributed by atoms with van der Waals surface area (Å²) in [5, 5.41) is 9.43. The summed E-state index contributed by atoms with van der Waals surface area (Å²) in [7, 11) is -1.64. The summed E-state index contributed by atoms with van der Waals surface area (Å²) >= 11 is 0. The number of nitrogens with one attached hydrogen (secondary N) is 1. The second-order valence-electron chi connectivity index (χ2n) is 4.22. The van der Waals surface area contributed by atoms with Crippen LogP contribution in [0.3, 0.4) is 0 Å².